The SMILES string of the molecule is CC(C)n1nccc1NC(=O)N1CCC2(O)CCCCC2C1. The van der Waals surface area contributed by atoms with E-state index in [0.717, 1.165) is 31.5 Å². The van der Waals surface area contributed by atoms with E-state index in [4.69, 9.17) is 0 Å². The number of likely N-dealkylation sites (tertiary alicyclic amines) is 1. The Balaban J connectivity index is 1.65. The third-order valence-corrected chi connectivity index (χ3v) is 5.11. The van der Waals surface area contributed by atoms with Gasteiger partial charge in [-0.2, -0.15) is 5.10 Å². The summed E-state index contributed by atoms with van der Waals surface area (Å²) in [5.41, 5.74) is -0.547. The van der Waals surface area contributed by atoms with Crippen molar-refractivity contribution in [1.29, 1.82) is 0 Å². The van der Waals surface area contributed by atoms with E-state index < -0.39 is 5.60 Å². The molecule has 2 fully saturated rings. The van der Waals surface area contributed by atoms with Crippen LogP contribution in [-0.2, 0) is 0 Å². The monoisotopic (exact) mass is 306 g/mol. The average Bonchev–Trinajstić information content (AvgIpc) is 2.94. The largest absolute Gasteiger partial charge is 0.389 e. The number of nitrogens with zero attached hydrogens (tertiary/aromatic N) is 3. The lowest BCUT2D eigenvalue weighted by molar-refractivity contribution is -0.0863. The van der Waals surface area contributed by atoms with Gasteiger partial charge in [0.25, 0.3) is 0 Å². The molecule has 0 bridgehead atoms. The molecule has 2 amide bonds. The molecule has 0 spiro atoms. The van der Waals surface area contributed by atoms with E-state index in [1.54, 1.807) is 10.9 Å². The van der Waals surface area contributed by atoms with Gasteiger partial charge in [-0.3, -0.25) is 5.32 Å². The van der Waals surface area contributed by atoms with Crippen LogP contribution in [0.15, 0.2) is 12.3 Å². The fraction of sp³-hybridized carbons (Fsp3) is 0.750. The molecule has 1 aromatic heterocycles. The highest BCUT2D eigenvalue weighted by molar-refractivity contribution is 5.88. The molecule has 1 aliphatic carbocycles. The summed E-state index contributed by atoms with van der Waals surface area (Å²) in [6.45, 7) is 5.34. The fourth-order valence-corrected chi connectivity index (χ4v) is 3.77. The lowest BCUT2D eigenvalue weighted by Gasteiger charge is -2.47. The molecule has 1 saturated heterocycles. The summed E-state index contributed by atoms with van der Waals surface area (Å²) in [7, 11) is 0. The Labute approximate surface area is 131 Å². The lowest BCUT2D eigenvalue weighted by Crippen LogP contribution is -2.55. The second-order valence-electron chi connectivity index (χ2n) is 6.93. The summed E-state index contributed by atoms with van der Waals surface area (Å²) in [6.07, 6.45) is 6.55. The minimum Gasteiger partial charge on any atom is -0.389 e. The summed E-state index contributed by atoms with van der Waals surface area (Å²) < 4.78 is 1.80. The summed E-state index contributed by atoms with van der Waals surface area (Å²) in [6, 6.07) is 1.93. The van der Waals surface area contributed by atoms with Crippen LogP contribution < -0.4 is 5.32 Å². The van der Waals surface area contributed by atoms with Gasteiger partial charge in [-0.05, 0) is 33.1 Å². The van der Waals surface area contributed by atoms with Crippen molar-refractivity contribution in [3.8, 4) is 0 Å². The first kappa shape index (κ1) is 15.3. The van der Waals surface area contributed by atoms with Crippen LogP contribution in [0, 0.1) is 5.92 Å². The first-order valence-electron chi connectivity index (χ1n) is 8.31. The van der Waals surface area contributed by atoms with Crippen molar-refractivity contribution in [2.45, 2.75) is 57.6 Å². The Kier molecular flexibility index (Phi) is 4.12. The minimum atomic E-state index is -0.547. The van der Waals surface area contributed by atoms with Gasteiger partial charge in [0.05, 0.1) is 11.8 Å². The van der Waals surface area contributed by atoms with Crippen LogP contribution in [0.5, 0.6) is 0 Å². The highest BCUT2D eigenvalue weighted by Gasteiger charge is 2.43. The zero-order valence-corrected chi connectivity index (χ0v) is 13.5. The Morgan fingerprint density at radius 1 is 1.45 bits per heavy atom. The maximum absolute atomic E-state index is 12.5. The van der Waals surface area contributed by atoms with Crippen LogP contribution in [0.1, 0.15) is 52.0 Å². The van der Waals surface area contributed by atoms with Gasteiger partial charge >= 0.3 is 6.03 Å². The summed E-state index contributed by atoms with van der Waals surface area (Å²) in [5, 5.41) is 17.9. The Hall–Kier alpha value is -1.56. The van der Waals surface area contributed by atoms with Gasteiger partial charge in [0.2, 0.25) is 0 Å². The molecule has 1 saturated carbocycles. The quantitative estimate of drug-likeness (QED) is 0.882. The van der Waals surface area contributed by atoms with E-state index >= 15 is 0 Å². The van der Waals surface area contributed by atoms with Crippen LogP contribution in [-0.4, -0.2) is 44.5 Å². The molecule has 2 aliphatic rings. The molecule has 3 rings (SSSR count). The smallest absolute Gasteiger partial charge is 0.323 e. The number of anilines is 1. The van der Waals surface area contributed by atoms with Crippen molar-refractivity contribution in [3.05, 3.63) is 12.3 Å². The Morgan fingerprint density at radius 3 is 3.05 bits per heavy atom. The number of rotatable bonds is 2. The standard InChI is InChI=1S/C16H26N4O2/c1-12(2)20-14(6-9-17-20)18-15(21)19-10-8-16(22)7-4-3-5-13(16)11-19/h6,9,12-13,22H,3-5,7-8,10-11H2,1-2H3,(H,18,21). The minimum absolute atomic E-state index is 0.0879. The predicted molar refractivity (Wildman–Crippen MR) is 84.7 cm³/mol. The normalized spacial score (nSPS) is 28.5. The number of amides is 2. The molecule has 6 heteroatoms. The number of urea groups is 1. The zero-order chi connectivity index (χ0) is 15.7. The highest BCUT2D eigenvalue weighted by Crippen LogP contribution is 2.39. The lowest BCUT2D eigenvalue weighted by atomic mass is 9.71. The van der Waals surface area contributed by atoms with Gasteiger partial charge in [-0.25, -0.2) is 9.48 Å². The fourth-order valence-electron chi connectivity index (χ4n) is 3.77. The zero-order valence-electron chi connectivity index (χ0n) is 13.5. The van der Waals surface area contributed by atoms with E-state index in [1.807, 2.05) is 24.8 Å². The van der Waals surface area contributed by atoms with E-state index in [9.17, 15) is 9.90 Å². The molecule has 0 aromatic carbocycles. The van der Waals surface area contributed by atoms with E-state index in [0.29, 0.717) is 19.5 Å². The number of aromatic nitrogens is 2. The molecule has 1 aromatic rings. The molecular formula is C16H26N4O2. The maximum Gasteiger partial charge on any atom is 0.323 e. The van der Waals surface area contributed by atoms with Crippen molar-refractivity contribution in [1.82, 2.24) is 14.7 Å². The van der Waals surface area contributed by atoms with E-state index in [2.05, 4.69) is 10.4 Å². The molecule has 6 nitrogen and oxygen atoms in total. The second kappa shape index (κ2) is 5.91. The molecule has 122 valence electrons. The number of carbonyl (C=O) groups excluding carboxylic acids is 1. The van der Waals surface area contributed by atoms with E-state index in [-0.39, 0.29) is 18.0 Å². The molecule has 0 radical (unpaired) electrons. The molecule has 22 heavy (non-hydrogen) atoms. The number of hydrogen-bond acceptors (Lipinski definition) is 3. The topological polar surface area (TPSA) is 70.4 Å². The van der Waals surface area contributed by atoms with E-state index in [1.165, 1.54) is 0 Å². The first-order valence-corrected chi connectivity index (χ1v) is 8.31. The van der Waals surface area contributed by atoms with Crippen LogP contribution in [0.25, 0.3) is 0 Å². The van der Waals surface area contributed by atoms with Gasteiger partial charge < -0.3 is 10.0 Å². The van der Waals surface area contributed by atoms with Crippen LogP contribution >= 0.6 is 0 Å². The summed E-state index contributed by atoms with van der Waals surface area (Å²) >= 11 is 0. The highest BCUT2D eigenvalue weighted by atomic mass is 16.3. The van der Waals surface area contributed by atoms with Crippen molar-refractivity contribution >= 4 is 11.8 Å². The Morgan fingerprint density at radius 2 is 2.27 bits per heavy atom. The number of fused-ring (bicyclic) bond motifs is 1. The number of nitrogens with one attached hydrogen (secondary N) is 1. The number of hydrogen-bond donors (Lipinski definition) is 2. The molecule has 2 N–H and O–H groups in total. The van der Waals surface area contributed by atoms with Crippen LogP contribution in [0.3, 0.4) is 0 Å². The van der Waals surface area contributed by atoms with Gasteiger partial charge in [-0.15, -0.1) is 0 Å². The van der Waals surface area contributed by atoms with Crippen molar-refractivity contribution in [2.75, 3.05) is 18.4 Å². The van der Waals surface area contributed by atoms with Gasteiger partial charge in [0.15, 0.2) is 0 Å². The predicted octanol–water partition coefficient (Wildman–Crippen LogP) is 2.62. The molecule has 2 atom stereocenters. The first-order chi connectivity index (χ1) is 10.5. The molecule has 1 aliphatic heterocycles. The third-order valence-electron chi connectivity index (χ3n) is 5.11. The molecule has 2 unspecified atom stereocenters. The van der Waals surface area contributed by atoms with Crippen molar-refractivity contribution in [2.24, 2.45) is 5.92 Å². The van der Waals surface area contributed by atoms with Gasteiger partial charge in [0, 0.05) is 31.1 Å². The number of piperidine rings is 1. The van der Waals surface area contributed by atoms with Crippen molar-refractivity contribution < 1.29 is 9.90 Å². The summed E-state index contributed by atoms with van der Waals surface area (Å²) in [5.74, 6) is 0.945. The maximum atomic E-state index is 12.5. The van der Waals surface area contributed by atoms with Crippen molar-refractivity contribution in [3.63, 3.8) is 0 Å². The molecule has 2 heterocycles. The summed E-state index contributed by atoms with van der Waals surface area (Å²) in [4.78, 5) is 14.3. The molecular weight excluding hydrogens is 280 g/mol. The third kappa shape index (κ3) is 2.84. The van der Waals surface area contributed by atoms with Gasteiger partial charge in [0.1, 0.15) is 5.82 Å². The number of aliphatic hydroxyl groups is 1. The average molecular weight is 306 g/mol. The second-order valence-corrected chi connectivity index (χ2v) is 6.93. The van der Waals surface area contributed by atoms with Crippen LogP contribution in [0.2, 0.25) is 0 Å². The van der Waals surface area contributed by atoms with Crippen LogP contribution in [0.4, 0.5) is 10.6 Å². The number of carbonyl (C=O) groups is 1. The Bertz CT molecular complexity index is 542. The van der Waals surface area contributed by atoms with Gasteiger partial charge in [-0.1, -0.05) is 12.8 Å².